The van der Waals surface area contributed by atoms with Crippen LogP contribution in [0.25, 0.3) is 0 Å². The molecule has 0 spiro atoms. The number of alkyl carbamates (subject to hydrolysis) is 1. The molecule has 39 heavy (non-hydrogen) atoms. The molecule has 14 heteroatoms. The van der Waals surface area contributed by atoms with E-state index in [-0.39, 0.29) is 37.3 Å². The Kier molecular flexibility index (Phi) is 10.5. The number of carbonyl (C=O) groups excluding carboxylic acids is 4. The van der Waals surface area contributed by atoms with Gasteiger partial charge in [0.05, 0.1) is 19.3 Å². The molecule has 0 unspecified atom stereocenters. The van der Waals surface area contributed by atoms with Crippen LogP contribution in [0.15, 0.2) is 6.07 Å². The van der Waals surface area contributed by atoms with Gasteiger partial charge in [0.15, 0.2) is 23.2 Å². The predicted molar refractivity (Wildman–Crippen MR) is 127 cm³/mol. The summed E-state index contributed by atoms with van der Waals surface area (Å²) in [5, 5.41) is 7.55. The van der Waals surface area contributed by atoms with Crippen molar-refractivity contribution < 1.29 is 51.0 Å². The zero-order valence-electron chi connectivity index (χ0n) is 21.5. The summed E-state index contributed by atoms with van der Waals surface area (Å²) >= 11 is 0. The lowest BCUT2D eigenvalue weighted by Crippen LogP contribution is -2.53. The molecule has 1 aromatic rings. The van der Waals surface area contributed by atoms with Crippen molar-refractivity contribution in [2.45, 2.75) is 57.7 Å². The van der Waals surface area contributed by atoms with Crippen molar-refractivity contribution in [2.75, 3.05) is 26.4 Å². The predicted octanol–water partition coefficient (Wildman–Crippen LogP) is 2.13. The normalized spacial score (nSPS) is 20.3. The SMILES string of the molecule is CC(C)C[C@H](NC(=O)O[C@@H]1CCOC1)C(=O)N[C@@H](C[C@@H]1CCNC1=O)C(=O)COc1c(F)c(F)cc(F)c1F. The first kappa shape index (κ1) is 30.1. The van der Waals surface area contributed by atoms with E-state index >= 15 is 0 Å². The molecule has 1 aromatic carbocycles. The van der Waals surface area contributed by atoms with Gasteiger partial charge in [-0.05, 0) is 25.2 Å². The summed E-state index contributed by atoms with van der Waals surface area (Å²) in [4.78, 5) is 50.7. The van der Waals surface area contributed by atoms with Gasteiger partial charge in [-0.15, -0.1) is 0 Å². The number of ether oxygens (including phenoxy) is 3. The number of hydrogen-bond acceptors (Lipinski definition) is 7. The summed E-state index contributed by atoms with van der Waals surface area (Å²) in [5.41, 5.74) is 0. The van der Waals surface area contributed by atoms with Crippen LogP contribution >= 0.6 is 0 Å². The molecular formula is C25H31F4N3O7. The zero-order valence-corrected chi connectivity index (χ0v) is 21.5. The molecule has 216 valence electrons. The first-order valence-electron chi connectivity index (χ1n) is 12.6. The lowest BCUT2D eigenvalue weighted by Gasteiger charge is -2.25. The highest BCUT2D eigenvalue weighted by Gasteiger charge is 2.34. The van der Waals surface area contributed by atoms with E-state index in [1.165, 1.54) is 0 Å². The Morgan fingerprint density at radius 3 is 2.33 bits per heavy atom. The number of amides is 3. The Hall–Kier alpha value is -3.42. The molecule has 4 atom stereocenters. The molecule has 2 aliphatic rings. The lowest BCUT2D eigenvalue weighted by molar-refractivity contribution is -0.131. The standard InChI is InChI=1S/C25H31F4N3O7/c1-12(2)7-18(32-25(36)39-14-4-6-37-10-14)24(35)31-17(8-13-3-5-30-23(13)34)19(33)11-38-22-20(28)15(26)9-16(27)21(22)29/h9,12-14,17-18H,3-8,10-11H2,1-2H3,(H,30,34)(H,31,35)(H,32,36)/t13-,14+,17-,18-/m0/s1. The summed E-state index contributed by atoms with van der Waals surface area (Å²) in [6, 6.07) is -2.51. The van der Waals surface area contributed by atoms with E-state index in [1.54, 1.807) is 13.8 Å². The number of hydrogen-bond donors (Lipinski definition) is 3. The van der Waals surface area contributed by atoms with Crippen LogP contribution in [0.1, 0.15) is 39.5 Å². The molecule has 3 N–H and O–H groups in total. The van der Waals surface area contributed by atoms with Crippen LogP contribution in [0, 0.1) is 35.1 Å². The van der Waals surface area contributed by atoms with E-state index in [2.05, 4.69) is 16.0 Å². The molecule has 0 aliphatic carbocycles. The molecule has 3 rings (SSSR count). The summed E-state index contributed by atoms with van der Waals surface area (Å²) in [6.07, 6.45) is -0.463. The molecule has 0 aromatic heterocycles. The second-order valence-electron chi connectivity index (χ2n) is 9.84. The van der Waals surface area contributed by atoms with E-state index in [4.69, 9.17) is 14.2 Å². The molecule has 0 saturated carbocycles. The van der Waals surface area contributed by atoms with Crippen molar-refractivity contribution in [2.24, 2.45) is 11.8 Å². The maximum absolute atomic E-state index is 14.0. The Morgan fingerprint density at radius 2 is 1.77 bits per heavy atom. The third-order valence-corrected chi connectivity index (χ3v) is 6.30. The van der Waals surface area contributed by atoms with Gasteiger partial charge in [-0.25, -0.2) is 13.6 Å². The van der Waals surface area contributed by atoms with Crippen molar-refractivity contribution >= 4 is 23.7 Å². The number of carbonyl (C=O) groups is 4. The minimum absolute atomic E-state index is 0.00626. The molecule has 0 bridgehead atoms. The third-order valence-electron chi connectivity index (χ3n) is 6.30. The smallest absolute Gasteiger partial charge is 0.408 e. The maximum atomic E-state index is 14.0. The van der Waals surface area contributed by atoms with Crippen LogP contribution in [0.3, 0.4) is 0 Å². The van der Waals surface area contributed by atoms with Gasteiger partial charge in [0.2, 0.25) is 23.4 Å². The van der Waals surface area contributed by atoms with Crippen molar-refractivity contribution in [3.63, 3.8) is 0 Å². The van der Waals surface area contributed by atoms with Gasteiger partial charge < -0.3 is 30.2 Å². The van der Waals surface area contributed by atoms with Gasteiger partial charge >= 0.3 is 6.09 Å². The highest BCUT2D eigenvalue weighted by atomic mass is 19.2. The van der Waals surface area contributed by atoms with Crippen molar-refractivity contribution in [1.29, 1.82) is 0 Å². The maximum Gasteiger partial charge on any atom is 0.408 e. The second-order valence-corrected chi connectivity index (χ2v) is 9.84. The molecule has 10 nitrogen and oxygen atoms in total. The van der Waals surface area contributed by atoms with Gasteiger partial charge in [-0.2, -0.15) is 8.78 Å². The van der Waals surface area contributed by atoms with Crippen molar-refractivity contribution in [3.05, 3.63) is 29.3 Å². The van der Waals surface area contributed by atoms with Gasteiger partial charge in [-0.3, -0.25) is 14.4 Å². The second kappa shape index (κ2) is 13.6. The number of benzene rings is 1. The minimum atomic E-state index is -1.83. The highest BCUT2D eigenvalue weighted by Crippen LogP contribution is 2.27. The molecule has 3 amide bonds. The summed E-state index contributed by atoms with van der Waals surface area (Å²) in [7, 11) is 0. The first-order valence-corrected chi connectivity index (χ1v) is 12.6. The average Bonchev–Trinajstić information content (AvgIpc) is 3.53. The minimum Gasteiger partial charge on any atom is -0.479 e. The number of ketones is 1. The summed E-state index contributed by atoms with van der Waals surface area (Å²) < 4.78 is 70.2. The van der Waals surface area contributed by atoms with E-state index in [1.807, 2.05) is 0 Å². The van der Waals surface area contributed by atoms with Crippen LogP contribution in [-0.4, -0.2) is 68.2 Å². The van der Waals surface area contributed by atoms with E-state index in [0.717, 1.165) is 0 Å². The number of halogens is 4. The Bertz CT molecular complexity index is 1060. The molecule has 2 fully saturated rings. The van der Waals surface area contributed by atoms with Crippen LogP contribution in [0.4, 0.5) is 22.4 Å². The quantitative estimate of drug-likeness (QED) is 0.263. The fourth-order valence-corrected chi connectivity index (χ4v) is 4.26. The van der Waals surface area contributed by atoms with E-state index < -0.39 is 77.5 Å². The fraction of sp³-hybridized carbons (Fsp3) is 0.600. The van der Waals surface area contributed by atoms with Gasteiger partial charge in [-0.1, -0.05) is 13.8 Å². The van der Waals surface area contributed by atoms with Gasteiger partial charge in [0, 0.05) is 24.9 Å². The van der Waals surface area contributed by atoms with E-state index in [9.17, 15) is 36.7 Å². The number of Topliss-reactive ketones (excluding diaryl/α,β-unsaturated/α-hetero) is 1. The van der Waals surface area contributed by atoms with Crippen molar-refractivity contribution in [1.82, 2.24) is 16.0 Å². The zero-order chi connectivity index (χ0) is 28.7. The molecule has 2 aliphatic heterocycles. The van der Waals surface area contributed by atoms with Crippen LogP contribution in [0.5, 0.6) is 5.75 Å². The monoisotopic (exact) mass is 561 g/mol. The molecule has 0 radical (unpaired) electrons. The Morgan fingerprint density at radius 1 is 1.08 bits per heavy atom. The number of nitrogens with one attached hydrogen (secondary N) is 3. The average molecular weight is 562 g/mol. The highest BCUT2D eigenvalue weighted by molar-refractivity contribution is 5.93. The molecular weight excluding hydrogens is 530 g/mol. The van der Waals surface area contributed by atoms with Gasteiger partial charge in [0.1, 0.15) is 18.8 Å². The topological polar surface area (TPSA) is 132 Å². The summed E-state index contributed by atoms with van der Waals surface area (Å²) in [5.74, 6) is -11.3. The largest absolute Gasteiger partial charge is 0.479 e. The third kappa shape index (κ3) is 8.28. The number of rotatable bonds is 12. The Balaban J connectivity index is 1.73. The molecule has 2 saturated heterocycles. The molecule has 2 heterocycles. The van der Waals surface area contributed by atoms with Crippen LogP contribution in [-0.2, 0) is 23.9 Å². The van der Waals surface area contributed by atoms with Crippen molar-refractivity contribution in [3.8, 4) is 5.75 Å². The lowest BCUT2D eigenvalue weighted by atomic mass is 9.95. The first-order chi connectivity index (χ1) is 18.5. The Labute approximate surface area is 222 Å². The fourth-order valence-electron chi connectivity index (χ4n) is 4.26. The summed E-state index contributed by atoms with van der Waals surface area (Å²) in [6.45, 7) is 3.55. The van der Waals surface area contributed by atoms with E-state index in [0.29, 0.717) is 26.0 Å². The van der Waals surface area contributed by atoms with Crippen LogP contribution in [0.2, 0.25) is 0 Å². The van der Waals surface area contributed by atoms with Gasteiger partial charge in [0.25, 0.3) is 0 Å². The van der Waals surface area contributed by atoms with Crippen LogP contribution < -0.4 is 20.7 Å².